The van der Waals surface area contributed by atoms with Crippen LogP contribution in [-0.4, -0.2) is 32.7 Å². The van der Waals surface area contributed by atoms with E-state index in [2.05, 4.69) is 0 Å². The molecular formula is C19H16F3NO5. The molecule has 0 aliphatic carbocycles. The highest BCUT2D eigenvalue weighted by atomic mass is 19.2. The first-order chi connectivity index (χ1) is 13.3. The maximum atomic E-state index is 13.5. The molecule has 0 fully saturated rings. The summed E-state index contributed by atoms with van der Waals surface area (Å²) in [5.41, 5.74) is 0.0143. The Hall–Kier alpha value is -3.49. The second-order valence-electron chi connectivity index (χ2n) is 5.36. The first-order valence-corrected chi connectivity index (χ1v) is 7.85. The molecule has 2 rings (SSSR count). The minimum atomic E-state index is -1.72. The van der Waals surface area contributed by atoms with Crippen molar-refractivity contribution in [1.29, 1.82) is 0 Å². The van der Waals surface area contributed by atoms with Crippen molar-refractivity contribution in [1.82, 2.24) is 0 Å². The Bertz CT molecular complexity index is 892. The van der Waals surface area contributed by atoms with Crippen molar-refractivity contribution < 1.29 is 37.0 Å². The van der Waals surface area contributed by atoms with Gasteiger partial charge in [-0.25, -0.2) is 18.0 Å². The van der Waals surface area contributed by atoms with E-state index in [1.807, 2.05) is 5.32 Å². The molecule has 9 heteroatoms. The van der Waals surface area contributed by atoms with Crippen LogP contribution in [0.2, 0.25) is 0 Å². The number of amides is 1. The van der Waals surface area contributed by atoms with Crippen LogP contribution in [-0.2, 0) is 14.3 Å². The Kier molecular flexibility index (Phi) is 7.02. The lowest BCUT2D eigenvalue weighted by molar-refractivity contribution is -0.142. The van der Waals surface area contributed by atoms with Crippen LogP contribution in [0.1, 0.15) is 5.56 Å². The number of halogens is 3. The average molecular weight is 395 g/mol. The van der Waals surface area contributed by atoms with Gasteiger partial charge in [-0.2, -0.15) is 0 Å². The number of hydrogen-bond donors (Lipinski definition) is 1. The van der Waals surface area contributed by atoms with Crippen LogP contribution in [0.25, 0.3) is 6.08 Å². The zero-order chi connectivity index (χ0) is 20.7. The van der Waals surface area contributed by atoms with Crippen molar-refractivity contribution in [2.75, 3.05) is 26.1 Å². The predicted octanol–water partition coefficient (Wildman–Crippen LogP) is 3.32. The molecule has 0 atom stereocenters. The van der Waals surface area contributed by atoms with Crippen molar-refractivity contribution in [2.45, 2.75) is 0 Å². The fraction of sp³-hybridized carbons (Fsp3) is 0.158. The molecule has 0 spiro atoms. The van der Waals surface area contributed by atoms with Gasteiger partial charge in [-0.15, -0.1) is 0 Å². The second kappa shape index (κ2) is 9.45. The summed E-state index contributed by atoms with van der Waals surface area (Å²) in [6.45, 7) is -0.747. The number of carbonyl (C=O) groups excluding carboxylic acids is 2. The van der Waals surface area contributed by atoms with E-state index in [0.29, 0.717) is 23.1 Å². The fourth-order valence-electron chi connectivity index (χ4n) is 2.08. The third-order valence-corrected chi connectivity index (χ3v) is 3.44. The third-order valence-electron chi connectivity index (χ3n) is 3.44. The van der Waals surface area contributed by atoms with E-state index in [9.17, 15) is 22.8 Å². The molecule has 0 aliphatic heterocycles. The van der Waals surface area contributed by atoms with Crippen LogP contribution in [0.15, 0.2) is 36.4 Å². The van der Waals surface area contributed by atoms with Gasteiger partial charge >= 0.3 is 5.97 Å². The van der Waals surface area contributed by atoms with Crippen LogP contribution < -0.4 is 14.8 Å². The lowest BCUT2D eigenvalue weighted by atomic mass is 10.2. The monoisotopic (exact) mass is 395 g/mol. The van der Waals surface area contributed by atoms with E-state index < -0.39 is 41.6 Å². The summed E-state index contributed by atoms with van der Waals surface area (Å²) in [7, 11) is 2.95. The van der Waals surface area contributed by atoms with Crippen molar-refractivity contribution in [3.8, 4) is 11.5 Å². The van der Waals surface area contributed by atoms with Crippen molar-refractivity contribution in [3.05, 3.63) is 59.4 Å². The Morgan fingerprint density at radius 3 is 2.25 bits per heavy atom. The number of esters is 1. The van der Waals surface area contributed by atoms with E-state index in [4.69, 9.17) is 14.2 Å². The van der Waals surface area contributed by atoms with Crippen molar-refractivity contribution in [3.63, 3.8) is 0 Å². The molecule has 0 aromatic heterocycles. The van der Waals surface area contributed by atoms with E-state index >= 15 is 0 Å². The third kappa shape index (κ3) is 5.50. The predicted molar refractivity (Wildman–Crippen MR) is 94.5 cm³/mol. The normalized spacial score (nSPS) is 10.6. The summed E-state index contributed by atoms with van der Waals surface area (Å²) in [6.07, 6.45) is 2.49. The van der Waals surface area contributed by atoms with Crippen molar-refractivity contribution in [2.24, 2.45) is 0 Å². The summed E-state index contributed by atoms with van der Waals surface area (Å²) in [4.78, 5) is 23.4. The number of carbonyl (C=O) groups is 2. The quantitative estimate of drug-likeness (QED) is 0.442. The molecule has 0 saturated heterocycles. The molecule has 0 aliphatic rings. The number of hydrogen-bond acceptors (Lipinski definition) is 5. The lowest BCUT2D eigenvalue weighted by Gasteiger charge is -2.07. The van der Waals surface area contributed by atoms with Gasteiger partial charge < -0.3 is 19.5 Å². The van der Waals surface area contributed by atoms with Gasteiger partial charge in [0.05, 0.1) is 19.9 Å². The van der Waals surface area contributed by atoms with Gasteiger partial charge in [0.25, 0.3) is 5.91 Å². The number of nitrogens with one attached hydrogen (secondary N) is 1. The Labute approximate surface area is 158 Å². The average Bonchev–Trinajstić information content (AvgIpc) is 2.70. The lowest BCUT2D eigenvalue weighted by Crippen LogP contribution is -2.21. The minimum absolute atomic E-state index is 0.514. The summed E-state index contributed by atoms with van der Waals surface area (Å²) >= 11 is 0. The SMILES string of the molecule is COc1cc(/C=C/C(=O)OCC(=O)Nc2ccc(F)c(F)c2F)cc(OC)c1. The first-order valence-electron chi connectivity index (χ1n) is 7.85. The van der Waals surface area contributed by atoms with Gasteiger partial charge in [-0.3, -0.25) is 4.79 Å². The molecule has 2 aromatic rings. The molecule has 1 N–H and O–H groups in total. The zero-order valence-electron chi connectivity index (χ0n) is 14.9. The first kappa shape index (κ1) is 20.8. The molecule has 0 unspecified atom stereocenters. The van der Waals surface area contributed by atoms with Crippen LogP contribution in [0.5, 0.6) is 11.5 Å². The number of rotatable bonds is 7. The van der Waals surface area contributed by atoms with E-state index in [-0.39, 0.29) is 0 Å². The van der Waals surface area contributed by atoms with E-state index in [1.54, 1.807) is 18.2 Å². The summed E-state index contributed by atoms with van der Waals surface area (Å²) in [6, 6.07) is 6.45. The summed E-state index contributed by atoms with van der Waals surface area (Å²) in [5.74, 6) is -5.39. The topological polar surface area (TPSA) is 73.9 Å². The van der Waals surface area contributed by atoms with Gasteiger partial charge in [0.15, 0.2) is 24.1 Å². The maximum Gasteiger partial charge on any atom is 0.331 e. The maximum absolute atomic E-state index is 13.5. The minimum Gasteiger partial charge on any atom is -0.497 e. The number of benzene rings is 2. The van der Waals surface area contributed by atoms with Crippen molar-refractivity contribution >= 4 is 23.6 Å². The molecule has 0 bridgehead atoms. The molecular weight excluding hydrogens is 379 g/mol. The molecule has 0 heterocycles. The van der Waals surface area contributed by atoms with Crippen LogP contribution >= 0.6 is 0 Å². The molecule has 1 amide bonds. The smallest absolute Gasteiger partial charge is 0.331 e. The van der Waals surface area contributed by atoms with Gasteiger partial charge in [0.1, 0.15) is 11.5 Å². The fourth-order valence-corrected chi connectivity index (χ4v) is 2.08. The molecule has 0 saturated carbocycles. The number of anilines is 1. The number of ether oxygens (including phenoxy) is 3. The van der Waals surface area contributed by atoms with Gasteiger partial charge in [0, 0.05) is 12.1 Å². The van der Waals surface area contributed by atoms with E-state index in [0.717, 1.165) is 12.1 Å². The van der Waals surface area contributed by atoms with Crippen LogP contribution in [0.3, 0.4) is 0 Å². The number of methoxy groups -OCH3 is 2. The van der Waals surface area contributed by atoms with Gasteiger partial charge in [-0.1, -0.05) is 0 Å². The Morgan fingerprint density at radius 2 is 1.64 bits per heavy atom. The van der Waals surface area contributed by atoms with Gasteiger partial charge in [0.2, 0.25) is 0 Å². The summed E-state index contributed by atoms with van der Waals surface area (Å²) in [5, 5.41) is 1.98. The summed E-state index contributed by atoms with van der Waals surface area (Å²) < 4.78 is 54.4. The highest BCUT2D eigenvalue weighted by molar-refractivity contribution is 5.94. The second-order valence-corrected chi connectivity index (χ2v) is 5.36. The van der Waals surface area contributed by atoms with E-state index in [1.165, 1.54) is 20.3 Å². The molecule has 0 radical (unpaired) electrons. The standard InChI is InChI=1S/C19H16F3NO5/c1-26-12-7-11(8-13(9-12)27-2)3-6-17(25)28-10-16(24)23-15-5-4-14(20)18(21)19(15)22/h3-9H,10H2,1-2H3,(H,23,24)/b6-3+. The largest absolute Gasteiger partial charge is 0.497 e. The van der Waals surface area contributed by atoms with Crippen LogP contribution in [0.4, 0.5) is 18.9 Å². The molecule has 6 nitrogen and oxygen atoms in total. The Balaban J connectivity index is 1.92. The zero-order valence-corrected chi connectivity index (χ0v) is 14.9. The van der Waals surface area contributed by atoms with Crippen LogP contribution in [0, 0.1) is 17.5 Å². The highest BCUT2D eigenvalue weighted by Gasteiger charge is 2.15. The molecule has 2 aromatic carbocycles. The Morgan fingerprint density at radius 1 is 1.00 bits per heavy atom. The molecule has 28 heavy (non-hydrogen) atoms. The van der Waals surface area contributed by atoms with Gasteiger partial charge in [-0.05, 0) is 35.9 Å². The molecule has 148 valence electrons. The highest BCUT2D eigenvalue weighted by Crippen LogP contribution is 2.23.